The van der Waals surface area contributed by atoms with Crippen molar-refractivity contribution in [1.29, 1.82) is 0 Å². The van der Waals surface area contributed by atoms with E-state index >= 15 is 0 Å². The molecule has 1 aliphatic rings. The van der Waals surface area contributed by atoms with Crippen LogP contribution in [0.2, 0.25) is 0 Å². The Morgan fingerprint density at radius 1 is 0.552 bits per heavy atom. The number of primary amides is 1. The van der Waals surface area contributed by atoms with Gasteiger partial charge in [0, 0.05) is 137 Å². The molecule has 1 fully saturated rings. The van der Waals surface area contributed by atoms with Gasteiger partial charge in [-0.2, -0.15) is 0 Å². The van der Waals surface area contributed by atoms with Crippen molar-refractivity contribution in [3.05, 3.63) is 133 Å². The number of carbonyl (C=O) groups is 6. The van der Waals surface area contributed by atoms with Gasteiger partial charge in [-0.1, -0.05) is 51.1 Å². The second-order valence-electron chi connectivity index (χ2n) is 26.3. The molecule has 1 saturated heterocycles. The Morgan fingerprint density at radius 3 is 1.84 bits per heavy atom. The number of fused-ring (bicyclic) bond motifs is 3. The van der Waals surface area contributed by atoms with Gasteiger partial charge in [0.15, 0.2) is 0 Å². The number of aryl methyl sites for hydroxylation is 2. The van der Waals surface area contributed by atoms with E-state index in [1.54, 1.807) is 29.1 Å². The van der Waals surface area contributed by atoms with E-state index in [0.717, 1.165) is 87.8 Å². The van der Waals surface area contributed by atoms with Crippen molar-refractivity contribution < 1.29 is 33.5 Å². The first-order valence-electron chi connectivity index (χ1n) is 35.9. The fourth-order valence-corrected chi connectivity index (χ4v) is 12.7. The Morgan fingerprint density at radius 2 is 1.17 bits per heavy atom. The summed E-state index contributed by atoms with van der Waals surface area (Å²) in [6, 6.07) is 34.3. The quantitative estimate of drug-likeness (QED) is 0.0145. The second-order valence-corrected chi connectivity index (χ2v) is 26.3. The molecular formula is C75H93N23O7. The number of aromatic nitrogens is 11. The zero-order valence-corrected chi connectivity index (χ0v) is 60.3. The molecule has 10 N–H and O–H groups in total. The van der Waals surface area contributed by atoms with Crippen LogP contribution in [0.3, 0.4) is 0 Å². The van der Waals surface area contributed by atoms with E-state index in [4.69, 9.17) is 41.9 Å². The Labute approximate surface area is 609 Å². The molecule has 7 heterocycles. The maximum Gasteiger partial charge on any atom is 0.242 e. The van der Waals surface area contributed by atoms with Gasteiger partial charge in [-0.25, -0.2) is 29.9 Å². The number of nitrogens with two attached hydrogens (primary N) is 3. The Kier molecular flexibility index (Phi) is 25.1. The molecule has 30 heteroatoms. The highest BCUT2D eigenvalue weighted by atomic mass is 16.5. The number of carbonyl (C=O) groups excluding carboxylic acids is 6. The van der Waals surface area contributed by atoms with Crippen molar-refractivity contribution in [2.75, 3.05) is 125 Å². The highest BCUT2D eigenvalue weighted by Gasteiger charge is 2.29. The number of imidazole rings is 2. The van der Waals surface area contributed by atoms with Gasteiger partial charge in [0.1, 0.15) is 46.5 Å². The third kappa shape index (κ3) is 20.3. The van der Waals surface area contributed by atoms with Crippen molar-refractivity contribution >= 4 is 109 Å². The van der Waals surface area contributed by atoms with Crippen molar-refractivity contribution in [3.63, 3.8) is 0 Å². The fraction of sp³-hybridized carbons (Fsp3) is 0.387. The van der Waals surface area contributed by atoms with Crippen LogP contribution in [0.5, 0.6) is 5.75 Å². The second kappa shape index (κ2) is 35.4. The average Bonchev–Trinajstić information content (AvgIpc) is 1.65. The van der Waals surface area contributed by atoms with Crippen LogP contribution in [0.4, 0.5) is 40.3 Å². The minimum atomic E-state index is -0.707. The number of nitrogen functional groups attached to an aromatic ring is 2. The molecule has 6 aromatic heterocycles. The lowest BCUT2D eigenvalue weighted by Crippen LogP contribution is -2.51. The number of amides is 6. The fourth-order valence-electron chi connectivity index (χ4n) is 12.7. The number of piperazine rings is 1. The predicted molar refractivity (Wildman–Crippen MR) is 405 cm³/mol. The van der Waals surface area contributed by atoms with Gasteiger partial charge in [0.2, 0.25) is 35.4 Å². The van der Waals surface area contributed by atoms with Gasteiger partial charge in [-0.15, -0.1) is 5.10 Å². The van der Waals surface area contributed by atoms with E-state index in [1.165, 1.54) is 24.5 Å². The summed E-state index contributed by atoms with van der Waals surface area (Å²) in [5.41, 5.74) is 26.1. The van der Waals surface area contributed by atoms with E-state index in [2.05, 4.69) is 50.7 Å². The Bertz CT molecular complexity index is 4580. The number of rotatable bonds is 36. The lowest BCUT2D eigenvalue weighted by Gasteiger charge is -2.35. The van der Waals surface area contributed by atoms with Gasteiger partial charge in [-0.05, 0) is 124 Å². The SMILES string of the molecule is CCCN(CC(=O)N(CCC)CC(=O)N(CCC)CC(=O)N(CCC)CC(=O)N(CCCn1cc(CN2CCN(c3cc(Nc4cc(Nc5ccc6ccccc6n5)ccn4)nc(C)n3)CC2)nn1)CC(N)=O)C(=O)CCCOc1cc(-c2nc3cc(N)ccc3[nH]2)cc(-c2nc3ccc(N)cc3[nH]2)c1. The first-order chi connectivity index (χ1) is 50.8. The zero-order chi connectivity index (χ0) is 73.9. The molecule has 0 bridgehead atoms. The number of pyridine rings is 2. The molecule has 0 spiro atoms. The summed E-state index contributed by atoms with van der Waals surface area (Å²) in [4.78, 5) is 130. The Balaban J connectivity index is 0.631. The summed E-state index contributed by atoms with van der Waals surface area (Å²) in [7, 11) is 0. The molecule has 10 aromatic rings. The average molecular weight is 1430 g/mol. The normalized spacial score (nSPS) is 12.4. The highest BCUT2D eigenvalue weighted by Crippen LogP contribution is 2.33. The minimum absolute atomic E-state index is 0.0910. The third-order valence-corrected chi connectivity index (χ3v) is 17.9. The lowest BCUT2D eigenvalue weighted by molar-refractivity contribution is -0.147. The number of nitrogens with zero attached hydrogens (tertiary/aromatic N) is 16. The smallest absolute Gasteiger partial charge is 0.242 e. The van der Waals surface area contributed by atoms with Crippen LogP contribution in [0, 0.1) is 6.92 Å². The number of hydrogen-bond acceptors (Lipinski definition) is 21. The number of ether oxygens (including phenoxy) is 1. The van der Waals surface area contributed by atoms with E-state index in [-0.39, 0.29) is 77.8 Å². The zero-order valence-electron chi connectivity index (χ0n) is 60.3. The number of nitrogens with one attached hydrogen (secondary N) is 4. The molecule has 6 amide bonds. The van der Waals surface area contributed by atoms with Gasteiger partial charge in [0.05, 0.1) is 72.6 Å². The molecule has 1 aliphatic heterocycles. The largest absolute Gasteiger partial charge is 0.494 e. The van der Waals surface area contributed by atoms with Crippen LogP contribution in [-0.2, 0) is 41.9 Å². The van der Waals surface area contributed by atoms with E-state index in [1.807, 2.05) is 132 Å². The highest BCUT2D eigenvalue weighted by molar-refractivity contribution is 5.93. The van der Waals surface area contributed by atoms with E-state index < -0.39 is 29.5 Å². The number of benzene rings is 4. The van der Waals surface area contributed by atoms with Crippen LogP contribution in [0.15, 0.2) is 122 Å². The summed E-state index contributed by atoms with van der Waals surface area (Å²) in [6.07, 6.45) is 6.59. The summed E-state index contributed by atoms with van der Waals surface area (Å²) in [5, 5.41) is 16.6. The van der Waals surface area contributed by atoms with Crippen molar-refractivity contribution in [2.24, 2.45) is 5.73 Å². The standard InChI is InChI=1S/C75H93N23O7/c1-6-25-93(69(100)16-12-35-105-58-37-52(74-84-60-20-18-54(76)39-62(60)86-74)36-53(38-58)75-85-61-21-19-55(77)40-63(61)87-75)46-70(101)94(26-7-2)47-71(102)95(27-8-3)48-72(103)96(28-9-4)49-73(104)97(45-64(78)99)29-13-30-98-44-57(89-90-98)43-91-31-33-92(34-32-91)68-42-67(80-50(5)81-68)88-66-41-56(23-24-79-66)82-65-22-17-51-14-10-11-15-59(51)83-65/h10-11,14-15,17-24,36-42,44H,6-9,12-13,16,25-35,43,45-49,76-77H2,1-5H3,(H2,78,99)(H,84,86)(H,85,87)(H2,79,80,81,82,83,88). The third-order valence-electron chi connectivity index (χ3n) is 17.9. The van der Waals surface area contributed by atoms with Crippen LogP contribution < -0.4 is 37.5 Å². The monoisotopic (exact) mass is 1430 g/mol. The number of H-pyrrole nitrogens is 2. The van der Waals surface area contributed by atoms with Gasteiger partial charge < -0.3 is 71.9 Å². The number of anilines is 7. The van der Waals surface area contributed by atoms with Gasteiger partial charge in [-0.3, -0.25) is 38.3 Å². The number of aromatic amines is 2. The molecular weight excluding hydrogens is 1330 g/mol. The van der Waals surface area contributed by atoms with Crippen LogP contribution in [0.25, 0.3) is 55.7 Å². The molecule has 550 valence electrons. The predicted octanol–water partition coefficient (Wildman–Crippen LogP) is 7.90. The molecule has 105 heavy (non-hydrogen) atoms. The molecule has 30 nitrogen and oxygen atoms in total. The molecule has 0 radical (unpaired) electrons. The van der Waals surface area contributed by atoms with Crippen LogP contribution in [0.1, 0.15) is 84.2 Å². The maximum absolute atomic E-state index is 14.3. The first-order valence-corrected chi connectivity index (χ1v) is 35.9. The summed E-state index contributed by atoms with van der Waals surface area (Å²) in [6.45, 7) is 13.1. The topological polar surface area (TPSA) is 376 Å². The first kappa shape index (κ1) is 74.4. The molecule has 4 aromatic carbocycles. The van der Waals surface area contributed by atoms with E-state index in [0.29, 0.717) is 110 Å². The van der Waals surface area contributed by atoms with Gasteiger partial charge in [0.25, 0.3) is 0 Å². The molecule has 0 unspecified atom stereocenters. The van der Waals surface area contributed by atoms with Crippen LogP contribution >= 0.6 is 0 Å². The summed E-state index contributed by atoms with van der Waals surface area (Å²) >= 11 is 0. The van der Waals surface area contributed by atoms with Crippen molar-refractivity contribution in [1.82, 2.24) is 84.3 Å². The summed E-state index contributed by atoms with van der Waals surface area (Å²) < 4.78 is 8.04. The summed E-state index contributed by atoms with van der Waals surface area (Å²) in [5.74, 6) is 2.38. The number of hydrogen-bond donors (Lipinski definition) is 7. The van der Waals surface area contributed by atoms with Gasteiger partial charge >= 0.3 is 0 Å². The van der Waals surface area contributed by atoms with Crippen molar-refractivity contribution in [2.45, 2.75) is 92.7 Å². The minimum Gasteiger partial charge on any atom is -0.494 e. The van der Waals surface area contributed by atoms with Crippen molar-refractivity contribution in [3.8, 4) is 28.5 Å². The maximum atomic E-state index is 14.3. The molecule has 0 atom stereocenters. The Hall–Kier alpha value is -11.8. The molecule has 11 rings (SSSR count). The van der Waals surface area contributed by atoms with E-state index in [9.17, 15) is 28.8 Å². The number of para-hydroxylation sites is 1. The molecule has 0 saturated carbocycles. The van der Waals surface area contributed by atoms with Crippen LogP contribution in [-0.4, -0.2) is 218 Å². The molecule has 0 aliphatic carbocycles. The lowest BCUT2D eigenvalue weighted by atomic mass is 10.1.